The molecule has 0 aromatic rings. The molecule has 0 amide bonds. The third kappa shape index (κ3) is 81.2. The quantitative estimate of drug-likeness (QED) is 0.0222. The molecule has 7 atom stereocenters. The average molecular weight is 1610 g/mol. The van der Waals surface area contributed by atoms with Gasteiger partial charge < -0.3 is 33.8 Å². The highest BCUT2D eigenvalue weighted by Gasteiger charge is 2.31. The zero-order valence-electron chi connectivity index (χ0n) is 72.7. The number of phosphoric acid groups is 2. The molecule has 0 aliphatic heterocycles. The van der Waals surface area contributed by atoms with Crippen molar-refractivity contribution >= 4 is 39.5 Å². The molecule has 0 aliphatic rings. The Bertz CT molecular complexity index is 2120. The summed E-state index contributed by atoms with van der Waals surface area (Å²) < 4.78 is 69.1. The smallest absolute Gasteiger partial charge is 0.462 e. The van der Waals surface area contributed by atoms with Gasteiger partial charge in [-0.1, -0.05) is 434 Å². The summed E-state index contributed by atoms with van der Waals surface area (Å²) in [6.45, 7) is 12.1. The molecule has 0 aliphatic carbocycles. The Balaban J connectivity index is 5.24. The highest BCUT2D eigenvalue weighted by molar-refractivity contribution is 7.47. The van der Waals surface area contributed by atoms with Crippen LogP contribution in [-0.2, 0) is 65.4 Å². The van der Waals surface area contributed by atoms with Crippen LogP contribution in [0.4, 0.5) is 0 Å². The fourth-order valence-corrected chi connectivity index (χ4v) is 15.8. The maximum Gasteiger partial charge on any atom is 0.472 e. The van der Waals surface area contributed by atoms with Crippen LogP contribution < -0.4 is 0 Å². The number of esters is 4. The fraction of sp³-hybridized carbons (Fsp3) is 0.956. The van der Waals surface area contributed by atoms with E-state index in [0.717, 1.165) is 108 Å². The van der Waals surface area contributed by atoms with Crippen molar-refractivity contribution in [2.24, 2.45) is 17.8 Å². The van der Waals surface area contributed by atoms with Crippen molar-refractivity contribution in [3.05, 3.63) is 0 Å². The SMILES string of the molecule is CCCCCCCCCCCCCCCCCC(=O)O[C@H](COC(=O)CCCCCCCCCCC(C)CC)COP(=O)(O)OC[C@H](O)COP(=O)(O)OC[C@@H](COC(=O)CCCCCCCCCCCCCCCCCCCCC(C)C)OC(=O)CCCCCCCCCCCCCCCCCCCCC(C)CC. The summed E-state index contributed by atoms with van der Waals surface area (Å²) in [6.07, 6.45) is 73.6. The lowest BCUT2D eigenvalue weighted by molar-refractivity contribution is -0.161. The molecular weight excluding hydrogens is 1430 g/mol. The van der Waals surface area contributed by atoms with Crippen LogP contribution in [0.5, 0.6) is 0 Å². The maximum absolute atomic E-state index is 13.2. The van der Waals surface area contributed by atoms with E-state index in [-0.39, 0.29) is 25.7 Å². The van der Waals surface area contributed by atoms with Gasteiger partial charge in [0.2, 0.25) is 0 Å². The van der Waals surface area contributed by atoms with Crippen molar-refractivity contribution in [2.45, 2.75) is 503 Å². The van der Waals surface area contributed by atoms with E-state index >= 15 is 0 Å². The Morgan fingerprint density at radius 2 is 0.464 bits per heavy atom. The number of ether oxygens (including phenoxy) is 4. The van der Waals surface area contributed by atoms with E-state index in [1.54, 1.807) is 0 Å². The molecule has 19 heteroatoms. The maximum atomic E-state index is 13.2. The molecule has 0 saturated heterocycles. The summed E-state index contributed by atoms with van der Waals surface area (Å²) in [7, 11) is -9.94. The second-order valence-corrected chi connectivity index (χ2v) is 36.6. The lowest BCUT2D eigenvalue weighted by Crippen LogP contribution is -2.30. The minimum absolute atomic E-state index is 0.108. The first-order valence-electron chi connectivity index (χ1n) is 46.9. The van der Waals surface area contributed by atoms with Crippen LogP contribution >= 0.6 is 15.6 Å². The van der Waals surface area contributed by atoms with Gasteiger partial charge in [-0.25, -0.2) is 9.13 Å². The summed E-state index contributed by atoms with van der Waals surface area (Å²) in [6, 6.07) is 0. The molecule has 0 saturated carbocycles. The predicted octanol–water partition coefficient (Wildman–Crippen LogP) is 28.0. The molecule has 4 unspecified atom stereocenters. The molecular formula is C91H178O17P2. The number of phosphoric ester groups is 2. The Labute approximate surface area is 677 Å². The number of aliphatic hydroxyl groups excluding tert-OH is 1. The van der Waals surface area contributed by atoms with Crippen molar-refractivity contribution in [2.75, 3.05) is 39.6 Å². The molecule has 0 fully saturated rings. The molecule has 17 nitrogen and oxygen atoms in total. The third-order valence-electron chi connectivity index (χ3n) is 22.1. The number of carbonyl (C=O) groups excluding carboxylic acids is 4. The van der Waals surface area contributed by atoms with Crippen LogP contribution in [0.3, 0.4) is 0 Å². The predicted molar refractivity (Wildman–Crippen MR) is 455 cm³/mol. The summed E-state index contributed by atoms with van der Waals surface area (Å²) in [5.41, 5.74) is 0. The van der Waals surface area contributed by atoms with Gasteiger partial charge in [0.05, 0.1) is 26.4 Å². The van der Waals surface area contributed by atoms with Crippen molar-refractivity contribution in [3.8, 4) is 0 Å². The normalized spacial score (nSPS) is 14.3. The van der Waals surface area contributed by atoms with E-state index < -0.39 is 97.5 Å². The number of carbonyl (C=O) groups is 4. The Morgan fingerprint density at radius 3 is 0.691 bits per heavy atom. The molecule has 0 heterocycles. The summed E-state index contributed by atoms with van der Waals surface area (Å²) >= 11 is 0. The van der Waals surface area contributed by atoms with Gasteiger partial charge in [0.25, 0.3) is 0 Å². The molecule has 0 bridgehead atoms. The Morgan fingerprint density at radius 1 is 0.264 bits per heavy atom. The highest BCUT2D eigenvalue weighted by Crippen LogP contribution is 2.45. The zero-order chi connectivity index (χ0) is 80.8. The van der Waals surface area contributed by atoms with Crippen molar-refractivity contribution in [1.29, 1.82) is 0 Å². The van der Waals surface area contributed by atoms with Crippen LogP contribution in [0.2, 0.25) is 0 Å². The number of hydrogen-bond donors (Lipinski definition) is 3. The van der Waals surface area contributed by atoms with Gasteiger partial charge >= 0.3 is 39.5 Å². The van der Waals surface area contributed by atoms with Gasteiger partial charge in [-0.3, -0.25) is 37.3 Å². The first kappa shape index (κ1) is 108. The van der Waals surface area contributed by atoms with Gasteiger partial charge in [-0.2, -0.15) is 0 Å². The van der Waals surface area contributed by atoms with E-state index in [1.165, 1.54) is 295 Å². The molecule has 654 valence electrons. The van der Waals surface area contributed by atoms with Crippen LogP contribution in [0.1, 0.15) is 485 Å². The van der Waals surface area contributed by atoms with E-state index in [9.17, 15) is 43.2 Å². The topological polar surface area (TPSA) is 237 Å². The van der Waals surface area contributed by atoms with Gasteiger partial charge in [0.1, 0.15) is 19.3 Å². The molecule has 0 rings (SSSR count). The number of aliphatic hydroxyl groups is 1. The summed E-state index contributed by atoms with van der Waals surface area (Å²) in [4.78, 5) is 73.4. The van der Waals surface area contributed by atoms with Gasteiger partial charge in [-0.05, 0) is 43.4 Å². The van der Waals surface area contributed by atoms with Crippen LogP contribution in [0.25, 0.3) is 0 Å². The standard InChI is InChI=1S/C91H178O17P2/c1-8-11-12-13-14-15-16-17-26-34-39-44-53-60-67-74-91(96)108-87(79-102-89(94)73-66-59-52-47-46-50-57-64-71-84(7)10-3)81-106-110(99,100)104-77-85(92)76-103-109(97,98)105-80-86(78-101-88(93)72-65-58-51-43-38-33-29-24-20-18-22-27-31-36-41-48-55-62-69-82(4)5)107-90(95)75-68-61-54-45-40-35-30-25-21-19-23-28-32-37-42-49-56-63-70-83(6)9-2/h82-87,92H,8-81H2,1-7H3,(H,97,98)(H,99,100)/t83?,84?,85-,86-,87-/m1/s1. The van der Waals surface area contributed by atoms with Gasteiger partial charge in [0, 0.05) is 25.7 Å². The fourth-order valence-electron chi connectivity index (χ4n) is 14.2. The number of hydrogen-bond acceptors (Lipinski definition) is 15. The molecule has 0 aromatic carbocycles. The van der Waals surface area contributed by atoms with Crippen molar-refractivity contribution < 1.29 is 80.2 Å². The average Bonchev–Trinajstić information content (AvgIpc) is 0.896. The molecule has 0 radical (unpaired) electrons. The highest BCUT2D eigenvalue weighted by atomic mass is 31.2. The second-order valence-electron chi connectivity index (χ2n) is 33.7. The monoisotopic (exact) mass is 1610 g/mol. The van der Waals surface area contributed by atoms with E-state index in [1.807, 2.05) is 0 Å². The minimum atomic E-state index is -4.97. The van der Waals surface area contributed by atoms with Crippen molar-refractivity contribution in [1.82, 2.24) is 0 Å². The number of unbranched alkanes of at least 4 members (excludes halogenated alkanes) is 55. The second kappa shape index (κ2) is 80.8. The van der Waals surface area contributed by atoms with Crippen molar-refractivity contribution in [3.63, 3.8) is 0 Å². The van der Waals surface area contributed by atoms with E-state index in [0.29, 0.717) is 25.7 Å². The van der Waals surface area contributed by atoms with Gasteiger partial charge in [0.15, 0.2) is 12.2 Å². The minimum Gasteiger partial charge on any atom is -0.462 e. The molecule has 0 aromatic heterocycles. The lowest BCUT2D eigenvalue weighted by atomic mass is 9.99. The Kier molecular flexibility index (Phi) is 79.4. The van der Waals surface area contributed by atoms with Crippen LogP contribution in [0, 0.1) is 17.8 Å². The molecule has 110 heavy (non-hydrogen) atoms. The van der Waals surface area contributed by atoms with Crippen LogP contribution in [0.15, 0.2) is 0 Å². The lowest BCUT2D eigenvalue weighted by Gasteiger charge is -2.21. The van der Waals surface area contributed by atoms with E-state index in [4.69, 9.17) is 37.0 Å². The largest absolute Gasteiger partial charge is 0.472 e. The third-order valence-corrected chi connectivity index (χ3v) is 24.0. The van der Waals surface area contributed by atoms with Gasteiger partial charge in [-0.15, -0.1) is 0 Å². The summed E-state index contributed by atoms with van der Waals surface area (Å²) in [5.74, 6) is 0.374. The molecule has 3 N–H and O–H groups in total. The van der Waals surface area contributed by atoms with E-state index in [2.05, 4.69) is 48.5 Å². The zero-order valence-corrected chi connectivity index (χ0v) is 74.5. The first-order chi connectivity index (χ1) is 53.3. The number of rotatable bonds is 89. The van der Waals surface area contributed by atoms with Crippen LogP contribution in [-0.4, -0.2) is 96.7 Å². The first-order valence-corrected chi connectivity index (χ1v) is 49.9. The molecule has 0 spiro atoms. The summed E-state index contributed by atoms with van der Waals surface area (Å²) in [5, 5.41) is 10.7. The Hall–Kier alpha value is -1.94.